The van der Waals surface area contributed by atoms with Gasteiger partial charge >= 0.3 is 0 Å². The third kappa shape index (κ3) is 3.25. The van der Waals surface area contributed by atoms with Crippen molar-refractivity contribution in [3.63, 3.8) is 0 Å². The average Bonchev–Trinajstić information content (AvgIpc) is 2.67. The summed E-state index contributed by atoms with van der Waals surface area (Å²) in [6.07, 6.45) is 5.63. The zero-order chi connectivity index (χ0) is 10.4. The van der Waals surface area contributed by atoms with Crippen LogP contribution in [0.2, 0.25) is 0 Å². The molecular formula is C12H26N2. The Morgan fingerprint density at radius 2 is 1.93 bits per heavy atom. The van der Waals surface area contributed by atoms with E-state index in [9.17, 15) is 0 Å². The predicted molar refractivity (Wildman–Crippen MR) is 62.6 cm³/mol. The standard InChI is InChI=1S/C12H26N2/c1-4-14(5-2)10-9-11-7-6-8-12(11)13-3/h11-13H,4-10H2,1-3H3. The van der Waals surface area contributed by atoms with Crippen molar-refractivity contribution in [3.05, 3.63) is 0 Å². The third-order valence-electron chi connectivity index (χ3n) is 3.74. The van der Waals surface area contributed by atoms with Crippen molar-refractivity contribution < 1.29 is 0 Å². The van der Waals surface area contributed by atoms with Crippen LogP contribution in [0.5, 0.6) is 0 Å². The number of rotatable bonds is 6. The van der Waals surface area contributed by atoms with E-state index < -0.39 is 0 Å². The zero-order valence-corrected chi connectivity index (χ0v) is 10.1. The largest absolute Gasteiger partial charge is 0.317 e. The van der Waals surface area contributed by atoms with Gasteiger partial charge in [-0.2, -0.15) is 0 Å². The molecule has 0 aromatic rings. The molecule has 0 amide bonds. The summed E-state index contributed by atoms with van der Waals surface area (Å²) in [5.41, 5.74) is 0. The predicted octanol–water partition coefficient (Wildman–Crippen LogP) is 2.11. The SMILES string of the molecule is CCN(CC)CCC1CCCC1NC. The van der Waals surface area contributed by atoms with Gasteiger partial charge in [0.15, 0.2) is 0 Å². The zero-order valence-electron chi connectivity index (χ0n) is 10.1. The van der Waals surface area contributed by atoms with Gasteiger partial charge in [-0.1, -0.05) is 20.3 Å². The molecule has 2 unspecified atom stereocenters. The van der Waals surface area contributed by atoms with Crippen molar-refractivity contribution in [1.29, 1.82) is 0 Å². The molecule has 2 heteroatoms. The maximum absolute atomic E-state index is 3.46. The van der Waals surface area contributed by atoms with E-state index in [0.717, 1.165) is 12.0 Å². The van der Waals surface area contributed by atoms with E-state index in [2.05, 4.69) is 31.1 Å². The molecule has 1 aliphatic rings. The maximum atomic E-state index is 3.46. The first kappa shape index (κ1) is 12.0. The molecular weight excluding hydrogens is 172 g/mol. The van der Waals surface area contributed by atoms with Gasteiger partial charge < -0.3 is 10.2 Å². The van der Waals surface area contributed by atoms with Crippen LogP contribution in [0.25, 0.3) is 0 Å². The monoisotopic (exact) mass is 198 g/mol. The van der Waals surface area contributed by atoms with E-state index in [4.69, 9.17) is 0 Å². The van der Waals surface area contributed by atoms with Gasteiger partial charge in [-0.3, -0.25) is 0 Å². The van der Waals surface area contributed by atoms with Gasteiger partial charge in [0.2, 0.25) is 0 Å². The van der Waals surface area contributed by atoms with Crippen molar-refractivity contribution in [1.82, 2.24) is 10.2 Å². The summed E-state index contributed by atoms with van der Waals surface area (Å²) in [4.78, 5) is 2.53. The molecule has 0 aromatic carbocycles. The Morgan fingerprint density at radius 1 is 1.21 bits per heavy atom. The van der Waals surface area contributed by atoms with Crippen molar-refractivity contribution in [2.45, 2.75) is 45.6 Å². The highest BCUT2D eigenvalue weighted by atomic mass is 15.1. The second-order valence-corrected chi connectivity index (χ2v) is 4.40. The molecule has 2 atom stereocenters. The van der Waals surface area contributed by atoms with Gasteiger partial charge in [0.05, 0.1) is 0 Å². The van der Waals surface area contributed by atoms with Crippen LogP contribution in [-0.4, -0.2) is 37.6 Å². The number of hydrogen-bond acceptors (Lipinski definition) is 2. The van der Waals surface area contributed by atoms with Crippen LogP contribution in [0.1, 0.15) is 39.5 Å². The van der Waals surface area contributed by atoms with E-state index in [1.165, 1.54) is 45.3 Å². The van der Waals surface area contributed by atoms with Gasteiger partial charge in [-0.05, 0) is 51.9 Å². The van der Waals surface area contributed by atoms with Gasteiger partial charge in [-0.15, -0.1) is 0 Å². The molecule has 0 saturated heterocycles. The summed E-state index contributed by atoms with van der Waals surface area (Å²) in [6.45, 7) is 8.21. The second-order valence-electron chi connectivity index (χ2n) is 4.40. The molecule has 84 valence electrons. The molecule has 1 fully saturated rings. The molecule has 1 saturated carbocycles. The Bertz CT molecular complexity index is 143. The summed E-state index contributed by atoms with van der Waals surface area (Å²) in [5, 5.41) is 3.46. The first-order chi connectivity index (χ1) is 6.81. The van der Waals surface area contributed by atoms with E-state index in [1.54, 1.807) is 0 Å². The molecule has 0 radical (unpaired) electrons. The van der Waals surface area contributed by atoms with Crippen LogP contribution in [0.3, 0.4) is 0 Å². The van der Waals surface area contributed by atoms with Crippen LogP contribution < -0.4 is 5.32 Å². The van der Waals surface area contributed by atoms with Gasteiger partial charge in [0.1, 0.15) is 0 Å². The van der Waals surface area contributed by atoms with Crippen LogP contribution >= 0.6 is 0 Å². The first-order valence-electron chi connectivity index (χ1n) is 6.21. The maximum Gasteiger partial charge on any atom is 0.00928 e. The molecule has 0 heterocycles. The lowest BCUT2D eigenvalue weighted by Gasteiger charge is -2.23. The lowest BCUT2D eigenvalue weighted by molar-refractivity contribution is 0.263. The van der Waals surface area contributed by atoms with Gasteiger partial charge in [0.25, 0.3) is 0 Å². The van der Waals surface area contributed by atoms with Crippen LogP contribution in [-0.2, 0) is 0 Å². The molecule has 0 spiro atoms. The quantitative estimate of drug-likeness (QED) is 0.703. The molecule has 2 nitrogen and oxygen atoms in total. The fourth-order valence-electron chi connectivity index (χ4n) is 2.65. The van der Waals surface area contributed by atoms with Crippen molar-refractivity contribution in [3.8, 4) is 0 Å². The van der Waals surface area contributed by atoms with Crippen molar-refractivity contribution in [2.75, 3.05) is 26.7 Å². The summed E-state index contributed by atoms with van der Waals surface area (Å²) in [6, 6.07) is 0.797. The number of hydrogen-bond donors (Lipinski definition) is 1. The lowest BCUT2D eigenvalue weighted by atomic mass is 9.99. The fraction of sp³-hybridized carbons (Fsp3) is 1.00. The molecule has 1 rings (SSSR count). The fourth-order valence-corrected chi connectivity index (χ4v) is 2.65. The lowest BCUT2D eigenvalue weighted by Crippen LogP contribution is -2.32. The number of nitrogens with zero attached hydrogens (tertiary/aromatic N) is 1. The third-order valence-corrected chi connectivity index (χ3v) is 3.74. The minimum absolute atomic E-state index is 0.797. The van der Waals surface area contributed by atoms with Crippen molar-refractivity contribution in [2.24, 2.45) is 5.92 Å². The van der Waals surface area contributed by atoms with Crippen LogP contribution in [0.15, 0.2) is 0 Å². The van der Waals surface area contributed by atoms with Crippen LogP contribution in [0.4, 0.5) is 0 Å². The summed E-state index contributed by atoms with van der Waals surface area (Å²) in [7, 11) is 2.11. The minimum Gasteiger partial charge on any atom is -0.317 e. The first-order valence-corrected chi connectivity index (χ1v) is 6.21. The summed E-state index contributed by atoms with van der Waals surface area (Å²) in [5.74, 6) is 0.931. The van der Waals surface area contributed by atoms with Gasteiger partial charge in [0, 0.05) is 6.04 Å². The summed E-state index contributed by atoms with van der Waals surface area (Å²) < 4.78 is 0. The highest BCUT2D eigenvalue weighted by molar-refractivity contribution is 4.82. The van der Waals surface area contributed by atoms with Crippen molar-refractivity contribution >= 4 is 0 Å². The highest BCUT2D eigenvalue weighted by Gasteiger charge is 2.25. The molecule has 0 aliphatic heterocycles. The Labute approximate surface area is 89.1 Å². The molecule has 14 heavy (non-hydrogen) atoms. The number of nitrogens with one attached hydrogen (secondary N) is 1. The molecule has 1 aliphatic carbocycles. The molecule has 0 bridgehead atoms. The highest BCUT2D eigenvalue weighted by Crippen LogP contribution is 2.28. The second kappa shape index (κ2) is 6.41. The normalized spacial score (nSPS) is 27.4. The molecule has 1 N–H and O–H groups in total. The molecule has 0 aromatic heterocycles. The minimum atomic E-state index is 0.797. The van der Waals surface area contributed by atoms with E-state index in [-0.39, 0.29) is 0 Å². The van der Waals surface area contributed by atoms with E-state index in [1.807, 2.05) is 0 Å². The van der Waals surface area contributed by atoms with E-state index >= 15 is 0 Å². The Kier molecular flexibility index (Phi) is 5.49. The Hall–Kier alpha value is -0.0800. The average molecular weight is 198 g/mol. The van der Waals surface area contributed by atoms with E-state index in [0.29, 0.717) is 0 Å². The van der Waals surface area contributed by atoms with Gasteiger partial charge in [-0.25, -0.2) is 0 Å². The van der Waals surface area contributed by atoms with Crippen LogP contribution in [0, 0.1) is 5.92 Å². The summed E-state index contributed by atoms with van der Waals surface area (Å²) >= 11 is 0. The smallest absolute Gasteiger partial charge is 0.00928 e. The topological polar surface area (TPSA) is 15.3 Å². The Balaban J connectivity index is 2.22. The Morgan fingerprint density at radius 3 is 2.50 bits per heavy atom.